The molecule has 0 aromatic heterocycles. The number of carbonyl (C=O) groups excluding carboxylic acids is 1. The van der Waals surface area contributed by atoms with Crippen LogP contribution in [0.15, 0.2) is 35.3 Å². The first-order valence-corrected chi connectivity index (χ1v) is 8.23. The Hall–Kier alpha value is -2.08. The molecule has 6 N–H and O–H groups in total. The van der Waals surface area contributed by atoms with Gasteiger partial charge >= 0.3 is 0 Å². The van der Waals surface area contributed by atoms with Crippen molar-refractivity contribution in [3.63, 3.8) is 0 Å². The summed E-state index contributed by atoms with van der Waals surface area (Å²) in [6.45, 7) is 1.41. The number of aliphatic imine (C=N–C) groups is 1. The lowest BCUT2D eigenvalue weighted by atomic mass is 10.0. The molecule has 0 aliphatic carbocycles. The van der Waals surface area contributed by atoms with Gasteiger partial charge in [0.05, 0.1) is 6.04 Å². The number of nitrogens with zero attached hydrogens (tertiary/aromatic N) is 2. The van der Waals surface area contributed by atoms with E-state index in [0.717, 1.165) is 37.8 Å². The van der Waals surface area contributed by atoms with Crippen LogP contribution in [0.25, 0.3) is 0 Å². The van der Waals surface area contributed by atoms with Crippen LogP contribution in [-0.4, -0.2) is 41.9 Å². The zero-order valence-electron chi connectivity index (χ0n) is 13.5. The van der Waals surface area contributed by atoms with Crippen LogP contribution >= 0.6 is 0 Å². The molecule has 0 saturated carbocycles. The lowest BCUT2D eigenvalue weighted by molar-refractivity contribution is -0.133. The highest BCUT2D eigenvalue weighted by molar-refractivity contribution is 5.82. The highest BCUT2D eigenvalue weighted by atomic mass is 16.2. The van der Waals surface area contributed by atoms with Crippen molar-refractivity contribution in [1.82, 2.24) is 4.90 Å². The smallest absolute Gasteiger partial charge is 0.240 e. The third-order valence-electron chi connectivity index (χ3n) is 4.27. The summed E-state index contributed by atoms with van der Waals surface area (Å²) >= 11 is 0. The molecule has 1 heterocycles. The average Bonchev–Trinajstić information content (AvgIpc) is 3.00. The van der Waals surface area contributed by atoms with E-state index in [4.69, 9.17) is 17.2 Å². The topological polar surface area (TPSA) is 111 Å². The Morgan fingerprint density at radius 3 is 2.74 bits per heavy atom. The Labute approximate surface area is 137 Å². The van der Waals surface area contributed by atoms with Gasteiger partial charge in [-0.1, -0.05) is 30.3 Å². The van der Waals surface area contributed by atoms with Crippen molar-refractivity contribution in [3.05, 3.63) is 35.9 Å². The molecular weight excluding hydrogens is 290 g/mol. The molecule has 0 bridgehead atoms. The van der Waals surface area contributed by atoms with E-state index in [1.54, 1.807) is 0 Å². The van der Waals surface area contributed by atoms with Crippen LogP contribution in [-0.2, 0) is 11.2 Å². The quantitative estimate of drug-likeness (QED) is 0.388. The van der Waals surface area contributed by atoms with E-state index in [0.29, 0.717) is 13.0 Å². The zero-order chi connectivity index (χ0) is 16.7. The average molecular weight is 317 g/mol. The van der Waals surface area contributed by atoms with E-state index in [9.17, 15) is 4.79 Å². The molecule has 0 spiro atoms. The number of hydrogen-bond acceptors (Lipinski definition) is 3. The number of hydrogen-bond donors (Lipinski definition) is 3. The Balaban J connectivity index is 1.85. The van der Waals surface area contributed by atoms with Crippen LogP contribution < -0.4 is 17.2 Å². The maximum absolute atomic E-state index is 12.6. The predicted molar refractivity (Wildman–Crippen MR) is 92.8 cm³/mol. The van der Waals surface area contributed by atoms with Crippen LogP contribution in [0.3, 0.4) is 0 Å². The number of benzene rings is 1. The normalized spacial score (nSPS) is 18.7. The van der Waals surface area contributed by atoms with Crippen molar-refractivity contribution in [1.29, 1.82) is 0 Å². The second kappa shape index (κ2) is 8.53. The largest absolute Gasteiger partial charge is 0.370 e. The van der Waals surface area contributed by atoms with Gasteiger partial charge in [0.1, 0.15) is 0 Å². The Morgan fingerprint density at radius 1 is 1.30 bits per heavy atom. The summed E-state index contributed by atoms with van der Waals surface area (Å²) in [5, 5.41) is 0. The lowest BCUT2D eigenvalue weighted by Gasteiger charge is -2.27. The van der Waals surface area contributed by atoms with Gasteiger partial charge in [0.25, 0.3) is 0 Å². The zero-order valence-corrected chi connectivity index (χ0v) is 13.5. The Morgan fingerprint density at radius 2 is 2.04 bits per heavy atom. The minimum Gasteiger partial charge on any atom is -0.370 e. The lowest BCUT2D eigenvalue weighted by Crippen LogP contribution is -2.47. The summed E-state index contributed by atoms with van der Waals surface area (Å²) in [6.07, 6.45) is 4.44. The maximum atomic E-state index is 12.6. The number of likely N-dealkylation sites (tertiary alicyclic amines) is 1. The van der Waals surface area contributed by atoms with Gasteiger partial charge in [-0.2, -0.15) is 0 Å². The standard InChI is InChI=1S/C17H27N5O/c18-15(12-13-6-2-1-3-7-13)16(23)22-11-5-9-14(22)8-4-10-21-17(19)20/h1-3,6-7,14-15H,4-5,8-12,18H2,(H4,19,20,21)/t14-,15+/m0/s1. The molecule has 6 nitrogen and oxygen atoms in total. The highest BCUT2D eigenvalue weighted by Gasteiger charge is 2.31. The first kappa shape index (κ1) is 17.3. The molecule has 1 saturated heterocycles. The fourth-order valence-electron chi connectivity index (χ4n) is 3.13. The number of nitrogens with two attached hydrogens (primary N) is 3. The molecule has 1 aliphatic heterocycles. The molecule has 126 valence electrons. The number of guanidine groups is 1. The van der Waals surface area contributed by atoms with E-state index < -0.39 is 6.04 Å². The molecule has 1 aromatic carbocycles. The van der Waals surface area contributed by atoms with Crippen molar-refractivity contribution in [2.45, 2.75) is 44.2 Å². The van der Waals surface area contributed by atoms with E-state index in [2.05, 4.69) is 4.99 Å². The third-order valence-corrected chi connectivity index (χ3v) is 4.27. The SMILES string of the molecule is NC(N)=NCCC[C@H]1CCCN1C(=O)[C@H](N)Cc1ccccc1. The van der Waals surface area contributed by atoms with Crippen molar-refractivity contribution >= 4 is 11.9 Å². The fraction of sp³-hybridized carbons (Fsp3) is 0.529. The molecule has 1 aromatic rings. The van der Waals surface area contributed by atoms with Crippen LogP contribution in [0.2, 0.25) is 0 Å². The molecule has 1 fully saturated rings. The number of carbonyl (C=O) groups is 1. The molecule has 1 aliphatic rings. The van der Waals surface area contributed by atoms with Gasteiger partial charge in [-0.15, -0.1) is 0 Å². The van der Waals surface area contributed by atoms with Gasteiger partial charge in [-0.25, -0.2) is 0 Å². The summed E-state index contributed by atoms with van der Waals surface area (Å²) in [5.74, 6) is 0.174. The van der Waals surface area contributed by atoms with Crippen molar-refractivity contribution in [3.8, 4) is 0 Å². The highest BCUT2D eigenvalue weighted by Crippen LogP contribution is 2.22. The van der Waals surface area contributed by atoms with Crippen molar-refractivity contribution < 1.29 is 4.79 Å². The number of amides is 1. The molecule has 6 heteroatoms. The van der Waals surface area contributed by atoms with Crippen LogP contribution in [0.1, 0.15) is 31.2 Å². The summed E-state index contributed by atoms with van der Waals surface area (Å²) in [7, 11) is 0. The van der Waals surface area contributed by atoms with Crippen molar-refractivity contribution in [2.75, 3.05) is 13.1 Å². The monoisotopic (exact) mass is 317 g/mol. The van der Waals surface area contributed by atoms with Crippen LogP contribution in [0, 0.1) is 0 Å². The molecule has 1 amide bonds. The van der Waals surface area contributed by atoms with Gasteiger partial charge < -0.3 is 22.1 Å². The van der Waals surface area contributed by atoms with Crippen molar-refractivity contribution in [2.24, 2.45) is 22.2 Å². The van der Waals surface area contributed by atoms with E-state index in [-0.39, 0.29) is 17.9 Å². The Bertz CT molecular complexity index is 527. The van der Waals surface area contributed by atoms with E-state index in [1.807, 2.05) is 35.2 Å². The van der Waals surface area contributed by atoms with Gasteiger partial charge in [-0.05, 0) is 37.7 Å². The van der Waals surface area contributed by atoms with Gasteiger partial charge in [0.15, 0.2) is 5.96 Å². The fourth-order valence-corrected chi connectivity index (χ4v) is 3.13. The second-order valence-corrected chi connectivity index (χ2v) is 6.07. The third kappa shape index (κ3) is 5.25. The molecule has 23 heavy (non-hydrogen) atoms. The van der Waals surface area contributed by atoms with Crippen LogP contribution in [0.5, 0.6) is 0 Å². The molecule has 2 atom stereocenters. The molecule has 0 unspecified atom stereocenters. The molecule has 0 radical (unpaired) electrons. The molecule has 2 rings (SSSR count). The summed E-state index contributed by atoms with van der Waals surface area (Å²) < 4.78 is 0. The van der Waals surface area contributed by atoms with E-state index in [1.165, 1.54) is 0 Å². The van der Waals surface area contributed by atoms with E-state index >= 15 is 0 Å². The first-order valence-electron chi connectivity index (χ1n) is 8.23. The predicted octanol–water partition coefficient (Wildman–Crippen LogP) is 0.601. The minimum absolute atomic E-state index is 0.0539. The first-order chi connectivity index (χ1) is 11.1. The van der Waals surface area contributed by atoms with Gasteiger partial charge in [0, 0.05) is 19.1 Å². The van der Waals surface area contributed by atoms with Gasteiger partial charge in [0.2, 0.25) is 5.91 Å². The Kier molecular flexibility index (Phi) is 6.40. The summed E-state index contributed by atoms with van der Waals surface area (Å²) in [4.78, 5) is 18.6. The van der Waals surface area contributed by atoms with Gasteiger partial charge in [-0.3, -0.25) is 9.79 Å². The summed E-state index contributed by atoms with van der Waals surface area (Å²) in [5.41, 5.74) is 17.9. The number of rotatable bonds is 7. The maximum Gasteiger partial charge on any atom is 0.240 e. The van der Waals surface area contributed by atoms with Crippen LogP contribution in [0.4, 0.5) is 0 Å². The minimum atomic E-state index is -0.476. The summed E-state index contributed by atoms with van der Waals surface area (Å²) in [6, 6.07) is 9.69. The molecular formula is C17H27N5O. The second-order valence-electron chi connectivity index (χ2n) is 6.07.